The molecule has 0 spiro atoms. The first-order valence-corrected chi connectivity index (χ1v) is 7.22. The van der Waals surface area contributed by atoms with E-state index in [1.807, 2.05) is 47.4 Å². The van der Waals surface area contributed by atoms with Crippen LogP contribution in [0.25, 0.3) is 0 Å². The lowest BCUT2D eigenvalue weighted by Gasteiger charge is -2.31. The van der Waals surface area contributed by atoms with Gasteiger partial charge in [-0.3, -0.25) is 4.79 Å². The Bertz CT molecular complexity index is 660. The first-order chi connectivity index (χ1) is 9.13. The summed E-state index contributed by atoms with van der Waals surface area (Å²) < 4.78 is 1.09. The summed E-state index contributed by atoms with van der Waals surface area (Å²) in [5.74, 6) is -0.0190. The maximum atomic E-state index is 11.8. The molecule has 5 heteroatoms. The van der Waals surface area contributed by atoms with Crippen LogP contribution in [-0.4, -0.2) is 12.5 Å². The lowest BCUT2D eigenvalue weighted by atomic mass is 10.1. The van der Waals surface area contributed by atoms with Gasteiger partial charge < -0.3 is 10.2 Å². The van der Waals surface area contributed by atoms with E-state index in [-0.39, 0.29) is 5.91 Å². The van der Waals surface area contributed by atoms with Crippen molar-refractivity contribution in [1.82, 2.24) is 0 Å². The number of nitrogens with zero attached hydrogens (tertiary/aromatic N) is 1. The van der Waals surface area contributed by atoms with E-state index in [0.717, 1.165) is 20.6 Å². The smallest absolute Gasteiger partial charge is 0.244 e. The molecule has 0 radical (unpaired) electrons. The number of fused-ring (bicyclic) bond motifs is 1. The van der Waals surface area contributed by atoms with Gasteiger partial charge in [-0.15, -0.1) is 0 Å². The van der Waals surface area contributed by atoms with Gasteiger partial charge in [0.05, 0.1) is 11.4 Å². The van der Waals surface area contributed by atoms with E-state index >= 15 is 0 Å². The van der Waals surface area contributed by atoms with Crippen LogP contribution in [0.2, 0.25) is 5.02 Å². The van der Waals surface area contributed by atoms with Crippen molar-refractivity contribution in [3.8, 4) is 0 Å². The Hall–Kier alpha value is -1.27. The molecule has 96 valence electrons. The molecule has 0 fully saturated rings. The van der Waals surface area contributed by atoms with Crippen molar-refractivity contribution in [2.24, 2.45) is 0 Å². The molecule has 1 N–H and O–H groups in total. The Kier molecular flexibility index (Phi) is 3.36. The number of carbonyl (C=O) groups is 1. The molecule has 0 atom stereocenters. The molecule has 0 bridgehead atoms. The summed E-state index contributed by atoms with van der Waals surface area (Å²) in [6.07, 6.45) is 0. The number of benzene rings is 2. The average Bonchev–Trinajstić information content (AvgIpc) is 2.37. The zero-order chi connectivity index (χ0) is 13.4. The average molecular weight is 385 g/mol. The SMILES string of the molecule is O=C1CN(c2cccc(Cl)c2)c2ccc(I)cc2N1. The van der Waals surface area contributed by atoms with Gasteiger partial charge in [0.15, 0.2) is 0 Å². The van der Waals surface area contributed by atoms with E-state index in [1.54, 1.807) is 0 Å². The van der Waals surface area contributed by atoms with Crippen LogP contribution in [0.5, 0.6) is 0 Å². The summed E-state index contributed by atoms with van der Waals surface area (Å²) >= 11 is 8.25. The number of halogens is 2. The number of amides is 1. The summed E-state index contributed by atoms with van der Waals surface area (Å²) in [7, 11) is 0. The van der Waals surface area contributed by atoms with Gasteiger partial charge in [0.1, 0.15) is 6.54 Å². The molecule has 2 aromatic rings. The van der Waals surface area contributed by atoms with Gasteiger partial charge in [0.2, 0.25) is 5.91 Å². The van der Waals surface area contributed by atoms with Crippen molar-refractivity contribution in [3.05, 3.63) is 51.1 Å². The molecule has 1 aliphatic heterocycles. The fourth-order valence-corrected chi connectivity index (χ4v) is 2.81. The number of anilines is 3. The third kappa shape index (κ3) is 2.55. The molecule has 1 aliphatic rings. The molecule has 0 aromatic heterocycles. The Labute approximate surface area is 129 Å². The highest BCUT2D eigenvalue weighted by Gasteiger charge is 2.23. The number of rotatable bonds is 1. The Morgan fingerprint density at radius 3 is 2.84 bits per heavy atom. The van der Waals surface area contributed by atoms with Gasteiger partial charge in [0, 0.05) is 14.3 Å². The first kappa shape index (κ1) is 12.7. The molecule has 0 unspecified atom stereocenters. The highest BCUT2D eigenvalue weighted by Crippen LogP contribution is 2.36. The lowest BCUT2D eigenvalue weighted by molar-refractivity contribution is -0.115. The van der Waals surface area contributed by atoms with Gasteiger partial charge >= 0.3 is 0 Å². The minimum absolute atomic E-state index is 0.0190. The van der Waals surface area contributed by atoms with Gasteiger partial charge in [-0.2, -0.15) is 0 Å². The third-order valence-corrected chi connectivity index (χ3v) is 3.85. The number of hydrogen-bond acceptors (Lipinski definition) is 2. The lowest BCUT2D eigenvalue weighted by Crippen LogP contribution is -2.35. The van der Waals surface area contributed by atoms with E-state index in [4.69, 9.17) is 11.6 Å². The monoisotopic (exact) mass is 384 g/mol. The zero-order valence-corrected chi connectivity index (χ0v) is 12.8. The van der Waals surface area contributed by atoms with Crippen LogP contribution in [-0.2, 0) is 4.79 Å². The van der Waals surface area contributed by atoms with Gasteiger partial charge in [0.25, 0.3) is 0 Å². The molecule has 2 aromatic carbocycles. The van der Waals surface area contributed by atoms with E-state index < -0.39 is 0 Å². The van der Waals surface area contributed by atoms with Crippen LogP contribution in [0.3, 0.4) is 0 Å². The van der Waals surface area contributed by atoms with Crippen molar-refractivity contribution in [3.63, 3.8) is 0 Å². The quantitative estimate of drug-likeness (QED) is 0.753. The van der Waals surface area contributed by atoms with Crippen LogP contribution in [0.15, 0.2) is 42.5 Å². The molecule has 3 rings (SSSR count). The van der Waals surface area contributed by atoms with Crippen LogP contribution in [0, 0.1) is 3.57 Å². The Balaban J connectivity index is 2.11. The normalized spacial score (nSPS) is 14.0. The second-order valence-electron chi connectivity index (χ2n) is 4.28. The number of nitrogens with one attached hydrogen (secondary N) is 1. The standard InChI is InChI=1S/C14H10ClIN2O/c15-9-2-1-3-11(6-9)18-8-14(19)17-12-7-10(16)4-5-13(12)18/h1-7H,8H2,(H,17,19). The van der Waals surface area contributed by atoms with Crippen molar-refractivity contribution >= 4 is 57.2 Å². The fourth-order valence-electron chi connectivity index (χ4n) is 2.14. The first-order valence-electron chi connectivity index (χ1n) is 5.76. The second-order valence-corrected chi connectivity index (χ2v) is 5.96. The zero-order valence-electron chi connectivity index (χ0n) is 9.86. The number of carbonyl (C=O) groups excluding carboxylic acids is 1. The van der Waals surface area contributed by atoms with Gasteiger partial charge in [-0.05, 0) is 59.0 Å². The van der Waals surface area contributed by atoms with Crippen LogP contribution >= 0.6 is 34.2 Å². The van der Waals surface area contributed by atoms with E-state index in [0.29, 0.717) is 11.6 Å². The molecule has 3 nitrogen and oxygen atoms in total. The highest BCUT2D eigenvalue weighted by molar-refractivity contribution is 14.1. The van der Waals surface area contributed by atoms with Crippen molar-refractivity contribution < 1.29 is 4.79 Å². The molecule has 1 heterocycles. The maximum absolute atomic E-state index is 11.8. The van der Waals surface area contributed by atoms with Crippen molar-refractivity contribution in [2.45, 2.75) is 0 Å². The summed E-state index contributed by atoms with van der Waals surface area (Å²) in [6, 6.07) is 13.5. The summed E-state index contributed by atoms with van der Waals surface area (Å²) in [6.45, 7) is 0.300. The van der Waals surface area contributed by atoms with Gasteiger partial charge in [-0.25, -0.2) is 0 Å². The third-order valence-electron chi connectivity index (χ3n) is 2.95. The second kappa shape index (κ2) is 5.02. The minimum Gasteiger partial charge on any atom is -0.330 e. The maximum Gasteiger partial charge on any atom is 0.244 e. The summed E-state index contributed by atoms with van der Waals surface area (Å²) in [5.41, 5.74) is 2.75. The molecule has 19 heavy (non-hydrogen) atoms. The van der Waals surface area contributed by atoms with Crippen LogP contribution < -0.4 is 10.2 Å². The topological polar surface area (TPSA) is 32.3 Å². The van der Waals surface area contributed by atoms with Crippen molar-refractivity contribution in [1.29, 1.82) is 0 Å². The summed E-state index contributed by atoms with van der Waals surface area (Å²) in [5, 5.41) is 3.56. The molecular weight excluding hydrogens is 375 g/mol. The molecule has 1 amide bonds. The minimum atomic E-state index is -0.0190. The van der Waals surface area contributed by atoms with Gasteiger partial charge in [-0.1, -0.05) is 17.7 Å². The van der Waals surface area contributed by atoms with Crippen LogP contribution in [0.1, 0.15) is 0 Å². The fraction of sp³-hybridized carbons (Fsp3) is 0.0714. The molecular formula is C14H10ClIN2O. The Morgan fingerprint density at radius 1 is 1.21 bits per heavy atom. The molecule has 0 saturated carbocycles. The molecule has 0 aliphatic carbocycles. The summed E-state index contributed by atoms with van der Waals surface area (Å²) in [4.78, 5) is 13.8. The van der Waals surface area contributed by atoms with E-state index in [2.05, 4.69) is 27.9 Å². The Morgan fingerprint density at radius 2 is 2.05 bits per heavy atom. The largest absolute Gasteiger partial charge is 0.330 e. The van der Waals surface area contributed by atoms with E-state index in [1.165, 1.54) is 0 Å². The van der Waals surface area contributed by atoms with E-state index in [9.17, 15) is 4.79 Å². The molecule has 0 saturated heterocycles. The predicted molar refractivity (Wildman–Crippen MR) is 86.2 cm³/mol. The predicted octanol–water partition coefficient (Wildman–Crippen LogP) is 4.03. The van der Waals surface area contributed by atoms with Crippen molar-refractivity contribution in [2.75, 3.05) is 16.8 Å². The number of hydrogen-bond donors (Lipinski definition) is 1. The highest BCUT2D eigenvalue weighted by atomic mass is 127. The van der Waals surface area contributed by atoms with Crippen LogP contribution in [0.4, 0.5) is 17.1 Å².